The van der Waals surface area contributed by atoms with Crippen molar-refractivity contribution < 1.29 is 4.42 Å². The van der Waals surface area contributed by atoms with E-state index in [9.17, 15) is 0 Å². The highest BCUT2D eigenvalue weighted by Gasteiger charge is 2.51. The van der Waals surface area contributed by atoms with E-state index in [1.54, 1.807) is 0 Å². The normalized spacial score (nSPS) is 13.2. The highest BCUT2D eigenvalue weighted by molar-refractivity contribution is 6.14. The van der Waals surface area contributed by atoms with Gasteiger partial charge in [0.05, 0.1) is 27.8 Å². The molecular formula is C59H35N3O. The Morgan fingerprint density at radius 1 is 0.349 bits per heavy atom. The Bertz CT molecular complexity index is 3760. The van der Waals surface area contributed by atoms with Crippen molar-refractivity contribution in [3.8, 4) is 61.8 Å². The minimum atomic E-state index is -0.430. The van der Waals surface area contributed by atoms with Crippen LogP contribution in [0, 0.1) is 0 Å². The van der Waals surface area contributed by atoms with E-state index >= 15 is 0 Å². The first kappa shape index (κ1) is 34.4. The number of hydrogen-bond acceptors (Lipinski definition) is 3. The lowest BCUT2D eigenvalue weighted by molar-refractivity contribution is 0.667. The maximum absolute atomic E-state index is 7.10. The quantitative estimate of drug-likeness (QED) is 0.178. The first-order chi connectivity index (χ1) is 31.2. The minimum absolute atomic E-state index is 0.430. The van der Waals surface area contributed by atoms with Gasteiger partial charge >= 0.3 is 0 Å². The summed E-state index contributed by atoms with van der Waals surface area (Å²) in [5, 5.41) is 4.50. The third kappa shape index (κ3) is 4.69. The van der Waals surface area contributed by atoms with E-state index in [0.717, 1.165) is 77.4 Å². The molecular weight excluding hydrogens is 767 g/mol. The van der Waals surface area contributed by atoms with Crippen molar-refractivity contribution in [2.24, 2.45) is 0 Å². The van der Waals surface area contributed by atoms with Crippen LogP contribution in [0.4, 0.5) is 0 Å². The maximum Gasteiger partial charge on any atom is 0.235 e. The van der Waals surface area contributed by atoms with E-state index in [-0.39, 0.29) is 0 Å². The molecule has 2 aliphatic carbocycles. The monoisotopic (exact) mass is 801 g/mol. The van der Waals surface area contributed by atoms with Crippen LogP contribution in [0.25, 0.3) is 106 Å². The van der Waals surface area contributed by atoms with Gasteiger partial charge in [-0.3, -0.25) is 4.57 Å². The predicted molar refractivity (Wildman–Crippen MR) is 256 cm³/mol. The topological polar surface area (TPSA) is 43.9 Å². The van der Waals surface area contributed by atoms with Crippen LogP contribution in [0.5, 0.6) is 0 Å². The van der Waals surface area contributed by atoms with E-state index in [1.807, 2.05) is 12.1 Å². The molecule has 3 aromatic heterocycles. The molecule has 0 saturated heterocycles. The van der Waals surface area contributed by atoms with E-state index < -0.39 is 5.41 Å². The molecule has 12 aromatic rings. The summed E-state index contributed by atoms with van der Waals surface area (Å²) in [6.07, 6.45) is 0. The largest absolute Gasteiger partial charge is 0.455 e. The molecule has 9 aromatic carbocycles. The molecule has 0 radical (unpaired) electrons. The minimum Gasteiger partial charge on any atom is -0.455 e. The zero-order chi connectivity index (χ0) is 41.2. The number of nitrogens with zero attached hydrogens (tertiary/aromatic N) is 3. The van der Waals surface area contributed by atoms with Gasteiger partial charge < -0.3 is 4.42 Å². The maximum atomic E-state index is 7.10. The summed E-state index contributed by atoms with van der Waals surface area (Å²) in [6, 6.07) is 76.3. The molecule has 2 aliphatic rings. The predicted octanol–water partition coefficient (Wildman–Crippen LogP) is 14.8. The number of aromatic nitrogens is 3. The van der Waals surface area contributed by atoms with Crippen LogP contribution in [0.3, 0.4) is 0 Å². The lowest BCUT2D eigenvalue weighted by Crippen LogP contribution is -2.25. The van der Waals surface area contributed by atoms with Crippen molar-refractivity contribution in [3.63, 3.8) is 0 Å². The van der Waals surface area contributed by atoms with Gasteiger partial charge in [0, 0.05) is 38.2 Å². The molecule has 0 saturated carbocycles. The molecule has 0 amide bonds. The summed E-state index contributed by atoms with van der Waals surface area (Å²) in [5.74, 6) is 0.633. The van der Waals surface area contributed by atoms with Crippen molar-refractivity contribution in [2.75, 3.05) is 0 Å². The molecule has 292 valence electrons. The van der Waals surface area contributed by atoms with Gasteiger partial charge in [0.1, 0.15) is 11.2 Å². The average Bonchev–Trinajstić information content (AvgIpc) is 4.07. The molecule has 0 unspecified atom stereocenters. The molecule has 63 heavy (non-hydrogen) atoms. The molecule has 0 atom stereocenters. The smallest absolute Gasteiger partial charge is 0.235 e. The van der Waals surface area contributed by atoms with Crippen molar-refractivity contribution >= 4 is 43.7 Å². The van der Waals surface area contributed by atoms with Crippen LogP contribution in [-0.4, -0.2) is 14.5 Å². The molecule has 0 bridgehead atoms. The van der Waals surface area contributed by atoms with Gasteiger partial charge in [0.2, 0.25) is 5.95 Å². The number of fused-ring (bicyclic) bond motifs is 16. The summed E-state index contributed by atoms with van der Waals surface area (Å²) in [5.41, 5.74) is 19.8. The van der Waals surface area contributed by atoms with Gasteiger partial charge in [-0.25, -0.2) is 9.97 Å². The summed E-state index contributed by atoms with van der Waals surface area (Å²) in [7, 11) is 0. The fraction of sp³-hybridized carbons (Fsp3) is 0.0169. The number of para-hydroxylation sites is 2. The Labute approximate surface area is 363 Å². The average molecular weight is 802 g/mol. The highest BCUT2D eigenvalue weighted by Crippen LogP contribution is 2.63. The zero-order valence-corrected chi connectivity index (χ0v) is 34.0. The Morgan fingerprint density at radius 3 is 1.56 bits per heavy atom. The van der Waals surface area contributed by atoms with Crippen LogP contribution >= 0.6 is 0 Å². The van der Waals surface area contributed by atoms with Crippen molar-refractivity contribution in [1.29, 1.82) is 0 Å². The molecule has 3 heterocycles. The second-order valence-electron chi connectivity index (χ2n) is 16.8. The van der Waals surface area contributed by atoms with Crippen molar-refractivity contribution in [3.05, 3.63) is 235 Å². The van der Waals surface area contributed by atoms with Crippen molar-refractivity contribution in [1.82, 2.24) is 14.5 Å². The molecule has 0 aliphatic heterocycles. The Hall–Kier alpha value is -8.34. The molecule has 4 nitrogen and oxygen atoms in total. The first-order valence-corrected chi connectivity index (χ1v) is 21.6. The van der Waals surface area contributed by atoms with Crippen LogP contribution < -0.4 is 0 Å². The van der Waals surface area contributed by atoms with Gasteiger partial charge in [-0.05, 0) is 86.5 Å². The summed E-state index contributed by atoms with van der Waals surface area (Å²) < 4.78 is 9.31. The van der Waals surface area contributed by atoms with E-state index in [0.29, 0.717) is 5.95 Å². The highest BCUT2D eigenvalue weighted by atomic mass is 16.3. The number of rotatable bonds is 4. The lowest BCUT2D eigenvalue weighted by Gasteiger charge is -2.30. The Kier molecular flexibility index (Phi) is 7.01. The van der Waals surface area contributed by atoms with Crippen LogP contribution in [0.2, 0.25) is 0 Å². The summed E-state index contributed by atoms with van der Waals surface area (Å²) in [6.45, 7) is 0. The fourth-order valence-corrected chi connectivity index (χ4v) is 11.0. The third-order valence-corrected chi connectivity index (χ3v) is 13.7. The zero-order valence-electron chi connectivity index (χ0n) is 34.0. The first-order valence-electron chi connectivity index (χ1n) is 21.6. The Balaban J connectivity index is 0.967. The molecule has 4 heteroatoms. The van der Waals surface area contributed by atoms with E-state index in [4.69, 9.17) is 14.4 Å². The molecule has 14 rings (SSSR count). The van der Waals surface area contributed by atoms with Crippen molar-refractivity contribution in [2.45, 2.75) is 5.41 Å². The number of benzene rings is 9. The van der Waals surface area contributed by atoms with E-state index in [2.05, 4.69) is 205 Å². The fourth-order valence-electron chi connectivity index (χ4n) is 11.0. The molecule has 1 spiro atoms. The second-order valence-corrected chi connectivity index (χ2v) is 16.8. The van der Waals surface area contributed by atoms with Crippen LogP contribution in [0.1, 0.15) is 22.3 Å². The lowest BCUT2D eigenvalue weighted by atomic mass is 9.70. The molecule has 0 N–H and O–H groups in total. The molecule has 0 fully saturated rings. The second kappa shape index (κ2) is 12.8. The summed E-state index contributed by atoms with van der Waals surface area (Å²) >= 11 is 0. The Morgan fingerprint density at radius 2 is 0.889 bits per heavy atom. The van der Waals surface area contributed by atoms with Gasteiger partial charge in [-0.15, -0.1) is 0 Å². The van der Waals surface area contributed by atoms with Gasteiger partial charge in [-0.2, -0.15) is 0 Å². The standard InChI is InChI=1S/C59H35N3O/c1-3-16-36(17-4-1)52-35-53(37-18-5-2-6-19-37)61-58(60-52)62-54-29-14-10-23-43(54)46-32-38(30-31-55(46)62)39-24-15-25-44-47-33-45-42-22-9-13-28-50(42)59(51(45)34-56(47)63-57(39)44)48-26-11-7-20-40(48)41-21-8-12-27-49(41)59/h1-35H. The van der Waals surface area contributed by atoms with Crippen LogP contribution in [0.15, 0.2) is 217 Å². The SMILES string of the molecule is c1ccc(-c2cc(-c3ccccc3)nc(-n3c4ccccc4c4cc(-c5cccc6c5oc5cc7c(cc56)-c5ccccc5C75c6ccccc6-c6ccccc65)ccc43)n2)cc1. The van der Waals surface area contributed by atoms with Gasteiger partial charge in [0.25, 0.3) is 0 Å². The van der Waals surface area contributed by atoms with Gasteiger partial charge in [-0.1, -0.05) is 176 Å². The van der Waals surface area contributed by atoms with Crippen LogP contribution in [-0.2, 0) is 5.41 Å². The third-order valence-electron chi connectivity index (χ3n) is 13.7. The number of hydrogen-bond donors (Lipinski definition) is 0. The van der Waals surface area contributed by atoms with Gasteiger partial charge in [0.15, 0.2) is 0 Å². The van der Waals surface area contributed by atoms with E-state index in [1.165, 1.54) is 44.5 Å². The number of furan rings is 1. The summed E-state index contributed by atoms with van der Waals surface area (Å²) in [4.78, 5) is 10.5.